The number of hydrogen-bond acceptors (Lipinski definition) is 4. The lowest BCUT2D eigenvalue weighted by atomic mass is 10.1. The second-order valence-corrected chi connectivity index (χ2v) is 6.56. The Hall–Kier alpha value is -2.92. The first-order chi connectivity index (χ1) is 12.4. The normalized spacial score (nSPS) is 10.5. The highest BCUT2D eigenvalue weighted by Crippen LogP contribution is 2.20. The van der Waals surface area contributed by atoms with E-state index in [2.05, 4.69) is 26.7 Å². The molecule has 132 valence electrons. The van der Waals surface area contributed by atoms with Crippen LogP contribution in [-0.4, -0.2) is 15.9 Å². The van der Waals surface area contributed by atoms with E-state index in [0.717, 1.165) is 11.3 Å². The Balaban J connectivity index is 1.82. The molecule has 0 radical (unpaired) electrons. The van der Waals surface area contributed by atoms with E-state index in [9.17, 15) is 4.79 Å². The number of anilines is 3. The van der Waals surface area contributed by atoms with Crippen molar-refractivity contribution >= 4 is 34.8 Å². The van der Waals surface area contributed by atoms with Gasteiger partial charge in [-0.15, -0.1) is 0 Å². The zero-order valence-electron chi connectivity index (χ0n) is 14.8. The first-order valence-corrected chi connectivity index (χ1v) is 8.55. The van der Waals surface area contributed by atoms with Gasteiger partial charge in [0.05, 0.1) is 0 Å². The molecule has 0 unspecified atom stereocenters. The minimum absolute atomic E-state index is 0.291. The Morgan fingerprint density at radius 1 is 0.962 bits per heavy atom. The van der Waals surface area contributed by atoms with Gasteiger partial charge in [0.1, 0.15) is 5.69 Å². The summed E-state index contributed by atoms with van der Waals surface area (Å²) < 4.78 is 0. The molecule has 0 atom stereocenters. The van der Waals surface area contributed by atoms with Crippen molar-refractivity contribution in [2.24, 2.45) is 0 Å². The highest BCUT2D eigenvalue weighted by Gasteiger charge is 2.12. The summed E-state index contributed by atoms with van der Waals surface area (Å²) in [7, 11) is 0. The lowest BCUT2D eigenvalue weighted by molar-refractivity contribution is 0.102. The number of carbonyl (C=O) groups is 1. The molecule has 0 fully saturated rings. The van der Waals surface area contributed by atoms with Crippen LogP contribution in [0.25, 0.3) is 0 Å². The number of aryl methyl sites for hydroxylation is 3. The molecule has 3 rings (SSSR count). The van der Waals surface area contributed by atoms with Gasteiger partial charge in [-0.2, -0.15) is 0 Å². The molecule has 26 heavy (non-hydrogen) atoms. The van der Waals surface area contributed by atoms with E-state index < -0.39 is 0 Å². The van der Waals surface area contributed by atoms with Crippen molar-refractivity contribution in [3.05, 3.63) is 76.1 Å². The topological polar surface area (TPSA) is 66.9 Å². The van der Waals surface area contributed by atoms with Crippen molar-refractivity contribution in [2.45, 2.75) is 20.8 Å². The molecular weight excluding hydrogens is 348 g/mol. The van der Waals surface area contributed by atoms with Crippen LogP contribution in [0.2, 0.25) is 5.02 Å². The lowest BCUT2D eigenvalue weighted by Crippen LogP contribution is -2.15. The third-order valence-electron chi connectivity index (χ3n) is 3.82. The van der Waals surface area contributed by atoms with Crippen molar-refractivity contribution in [1.29, 1.82) is 0 Å². The third-order valence-corrected chi connectivity index (χ3v) is 4.07. The molecular formula is C20H19ClN4O. The monoisotopic (exact) mass is 366 g/mol. The summed E-state index contributed by atoms with van der Waals surface area (Å²) in [5.41, 5.74) is 4.82. The molecule has 1 aromatic heterocycles. The van der Waals surface area contributed by atoms with Gasteiger partial charge in [-0.1, -0.05) is 29.3 Å². The van der Waals surface area contributed by atoms with Crippen molar-refractivity contribution < 1.29 is 4.79 Å². The Kier molecular flexibility index (Phi) is 5.19. The summed E-state index contributed by atoms with van der Waals surface area (Å²) in [6, 6.07) is 14.6. The second kappa shape index (κ2) is 7.54. The lowest BCUT2D eigenvalue weighted by Gasteiger charge is -2.11. The molecule has 0 bridgehead atoms. The second-order valence-electron chi connectivity index (χ2n) is 6.12. The highest BCUT2D eigenvalue weighted by atomic mass is 35.5. The van der Waals surface area contributed by atoms with Gasteiger partial charge < -0.3 is 10.6 Å². The molecule has 0 saturated carbocycles. The molecule has 0 spiro atoms. The number of benzene rings is 2. The Morgan fingerprint density at radius 2 is 1.69 bits per heavy atom. The van der Waals surface area contributed by atoms with Gasteiger partial charge in [-0.25, -0.2) is 9.97 Å². The van der Waals surface area contributed by atoms with Crippen LogP contribution >= 0.6 is 11.6 Å². The average molecular weight is 367 g/mol. The number of carbonyl (C=O) groups excluding carboxylic acids is 1. The van der Waals surface area contributed by atoms with Gasteiger partial charge in [0, 0.05) is 22.1 Å². The van der Waals surface area contributed by atoms with E-state index in [0.29, 0.717) is 28.0 Å². The quantitative estimate of drug-likeness (QED) is 0.678. The molecule has 2 N–H and O–H groups in total. The number of amides is 1. The zero-order valence-corrected chi connectivity index (χ0v) is 15.6. The SMILES string of the molecule is Cc1ccc(Nc2nc(C)cc(C(=O)Nc3ccc(Cl)cc3)n2)c(C)c1. The summed E-state index contributed by atoms with van der Waals surface area (Å²) in [4.78, 5) is 21.2. The number of halogens is 1. The average Bonchev–Trinajstić information content (AvgIpc) is 2.59. The van der Waals surface area contributed by atoms with Crippen LogP contribution in [0, 0.1) is 20.8 Å². The van der Waals surface area contributed by atoms with Crippen molar-refractivity contribution in [1.82, 2.24) is 9.97 Å². The van der Waals surface area contributed by atoms with Crippen LogP contribution in [0.15, 0.2) is 48.5 Å². The fourth-order valence-electron chi connectivity index (χ4n) is 2.54. The van der Waals surface area contributed by atoms with Crippen LogP contribution in [-0.2, 0) is 0 Å². The fraction of sp³-hybridized carbons (Fsp3) is 0.150. The number of rotatable bonds is 4. The molecule has 0 aliphatic carbocycles. The van der Waals surface area contributed by atoms with Gasteiger partial charge in [-0.3, -0.25) is 4.79 Å². The van der Waals surface area contributed by atoms with E-state index in [1.807, 2.05) is 32.9 Å². The van der Waals surface area contributed by atoms with E-state index in [-0.39, 0.29) is 5.91 Å². The standard InChI is InChI=1S/C20H19ClN4O/c1-12-4-9-17(13(2)10-12)24-20-22-14(3)11-18(25-20)19(26)23-16-7-5-15(21)6-8-16/h4-11H,1-3H3,(H,23,26)(H,22,24,25). The third kappa shape index (κ3) is 4.37. The van der Waals surface area contributed by atoms with Crippen molar-refractivity contribution in [3.63, 3.8) is 0 Å². The van der Waals surface area contributed by atoms with Crippen LogP contribution in [0.4, 0.5) is 17.3 Å². The summed E-state index contributed by atoms with van der Waals surface area (Å²) in [5.74, 6) is 0.0831. The van der Waals surface area contributed by atoms with Crippen molar-refractivity contribution in [3.8, 4) is 0 Å². The molecule has 3 aromatic rings. The molecule has 0 saturated heterocycles. The van der Waals surface area contributed by atoms with E-state index in [1.165, 1.54) is 5.56 Å². The first kappa shape index (κ1) is 17.9. The summed E-state index contributed by atoms with van der Waals surface area (Å²) in [6.07, 6.45) is 0. The van der Waals surface area contributed by atoms with Crippen LogP contribution in [0.3, 0.4) is 0 Å². The van der Waals surface area contributed by atoms with Crippen LogP contribution in [0.5, 0.6) is 0 Å². The number of nitrogens with zero attached hydrogens (tertiary/aromatic N) is 2. The Morgan fingerprint density at radius 3 is 2.38 bits per heavy atom. The maximum absolute atomic E-state index is 12.5. The van der Waals surface area contributed by atoms with Gasteiger partial charge in [-0.05, 0) is 62.7 Å². The van der Waals surface area contributed by atoms with Crippen LogP contribution < -0.4 is 10.6 Å². The Bertz CT molecular complexity index is 955. The molecule has 6 heteroatoms. The number of hydrogen-bond donors (Lipinski definition) is 2. The minimum atomic E-state index is -0.304. The summed E-state index contributed by atoms with van der Waals surface area (Å²) >= 11 is 5.86. The molecule has 0 aliphatic rings. The molecule has 1 amide bonds. The van der Waals surface area contributed by atoms with Gasteiger partial charge in [0.25, 0.3) is 5.91 Å². The first-order valence-electron chi connectivity index (χ1n) is 8.17. The number of aromatic nitrogens is 2. The van der Waals surface area contributed by atoms with E-state index >= 15 is 0 Å². The van der Waals surface area contributed by atoms with E-state index in [1.54, 1.807) is 30.3 Å². The molecule has 2 aromatic carbocycles. The summed E-state index contributed by atoms with van der Waals surface area (Å²) in [5, 5.41) is 6.61. The highest BCUT2D eigenvalue weighted by molar-refractivity contribution is 6.30. The zero-order chi connectivity index (χ0) is 18.7. The van der Waals surface area contributed by atoms with Crippen molar-refractivity contribution in [2.75, 3.05) is 10.6 Å². The number of nitrogens with one attached hydrogen (secondary N) is 2. The fourth-order valence-corrected chi connectivity index (χ4v) is 2.67. The van der Waals surface area contributed by atoms with Gasteiger partial charge in [0.15, 0.2) is 0 Å². The predicted octanol–water partition coefficient (Wildman–Crippen LogP) is 5.05. The molecule has 1 heterocycles. The maximum Gasteiger partial charge on any atom is 0.274 e. The van der Waals surface area contributed by atoms with Gasteiger partial charge >= 0.3 is 0 Å². The Labute approximate surface area is 157 Å². The van der Waals surface area contributed by atoms with Gasteiger partial charge in [0.2, 0.25) is 5.95 Å². The van der Waals surface area contributed by atoms with Crippen LogP contribution in [0.1, 0.15) is 27.3 Å². The van der Waals surface area contributed by atoms with E-state index in [4.69, 9.17) is 11.6 Å². The molecule has 5 nitrogen and oxygen atoms in total. The predicted molar refractivity (Wildman–Crippen MR) is 105 cm³/mol. The largest absolute Gasteiger partial charge is 0.324 e. The summed E-state index contributed by atoms with van der Waals surface area (Å²) in [6.45, 7) is 5.88. The molecule has 0 aliphatic heterocycles. The smallest absolute Gasteiger partial charge is 0.274 e. The minimum Gasteiger partial charge on any atom is -0.324 e. The maximum atomic E-state index is 12.5.